The van der Waals surface area contributed by atoms with Gasteiger partial charge < -0.3 is 24.3 Å². The summed E-state index contributed by atoms with van der Waals surface area (Å²) in [6, 6.07) is 5.77. The van der Waals surface area contributed by atoms with Crippen molar-refractivity contribution in [2.45, 2.75) is 6.29 Å². The van der Waals surface area contributed by atoms with Gasteiger partial charge >= 0.3 is 6.29 Å². The summed E-state index contributed by atoms with van der Waals surface area (Å²) in [5.74, 6) is -1.15. The van der Waals surface area contributed by atoms with Gasteiger partial charge in [-0.3, -0.25) is 14.9 Å². The topological polar surface area (TPSA) is 109 Å². The highest BCUT2D eigenvalue weighted by molar-refractivity contribution is 6.07. The fourth-order valence-electron chi connectivity index (χ4n) is 2.43. The molecule has 2 aromatic carbocycles. The van der Waals surface area contributed by atoms with Crippen LogP contribution >= 0.6 is 0 Å². The Hall–Kier alpha value is -3.63. The van der Waals surface area contributed by atoms with E-state index in [0.717, 1.165) is 18.2 Å². The number of alkyl halides is 2. The van der Waals surface area contributed by atoms with Gasteiger partial charge in [0.15, 0.2) is 23.0 Å². The van der Waals surface area contributed by atoms with Crippen LogP contribution in [0.4, 0.5) is 20.2 Å². The van der Waals surface area contributed by atoms with Crippen LogP contribution in [-0.2, 0) is 0 Å². The van der Waals surface area contributed by atoms with Gasteiger partial charge in [0.05, 0.1) is 25.2 Å². The third kappa shape index (κ3) is 3.52. The van der Waals surface area contributed by atoms with E-state index in [2.05, 4.69) is 14.8 Å². The molecule has 0 aromatic heterocycles. The molecule has 0 bridgehead atoms. The number of carbonyl (C=O) groups is 1. The van der Waals surface area contributed by atoms with Crippen LogP contribution in [0.2, 0.25) is 0 Å². The predicted molar refractivity (Wildman–Crippen MR) is 86.8 cm³/mol. The smallest absolute Gasteiger partial charge is 0.493 e. The number of halogens is 2. The van der Waals surface area contributed by atoms with Crippen LogP contribution in [0.1, 0.15) is 10.4 Å². The normalized spacial score (nSPS) is 13.8. The van der Waals surface area contributed by atoms with E-state index in [0.29, 0.717) is 0 Å². The molecule has 1 N–H and O–H groups in total. The van der Waals surface area contributed by atoms with Crippen molar-refractivity contribution in [1.29, 1.82) is 0 Å². The second-order valence-electron chi connectivity index (χ2n) is 5.26. The van der Waals surface area contributed by atoms with E-state index < -0.39 is 22.8 Å². The molecule has 0 spiro atoms. The number of ether oxygens (including phenoxy) is 4. The van der Waals surface area contributed by atoms with Gasteiger partial charge in [-0.15, -0.1) is 8.78 Å². The lowest BCUT2D eigenvalue weighted by Crippen LogP contribution is -2.25. The fraction of sp³-hybridized carbons (Fsp3) is 0.188. The predicted octanol–water partition coefficient (Wildman–Crippen LogP) is 3.19. The number of methoxy groups -OCH3 is 2. The molecular weight excluding hydrogens is 370 g/mol. The van der Waals surface area contributed by atoms with Crippen LogP contribution in [-0.4, -0.2) is 31.3 Å². The van der Waals surface area contributed by atoms with Crippen molar-refractivity contribution < 1.29 is 37.4 Å². The summed E-state index contributed by atoms with van der Waals surface area (Å²) in [6.45, 7) is 0. The average molecular weight is 382 g/mol. The Balaban J connectivity index is 1.92. The Morgan fingerprint density at radius 2 is 1.74 bits per heavy atom. The maximum atomic E-state index is 13.1. The standard InChI is InChI=1S/C16H12F2N2O7/c1-24-12-6-9(10(20(22)23)7-13(12)25-2)15(21)19-8-3-4-11-14(5-8)27-16(17,18)26-11/h3-7H,1-2H3,(H,19,21). The summed E-state index contributed by atoms with van der Waals surface area (Å²) < 4.78 is 44.7. The van der Waals surface area contributed by atoms with E-state index in [-0.39, 0.29) is 34.2 Å². The molecular formula is C16H12F2N2O7. The second kappa shape index (κ2) is 6.59. The molecule has 142 valence electrons. The Bertz CT molecular complexity index is 933. The van der Waals surface area contributed by atoms with E-state index in [4.69, 9.17) is 9.47 Å². The number of nitrogens with one attached hydrogen (secondary N) is 1. The third-order valence-electron chi connectivity index (χ3n) is 3.60. The number of nitro groups is 1. The van der Waals surface area contributed by atoms with Gasteiger partial charge in [-0.1, -0.05) is 0 Å². The molecule has 1 aliphatic rings. The van der Waals surface area contributed by atoms with Crippen molar-refractivity contribution in [3.8, 4) is 23.0 Å². The maximum absolute atomic E-state index is 13.1. The van der Waals surface area contributed by atoms with Crippen LogP contribution in [0.15, 0.2) is 30.3 Å². The number of hydrogen-bond donors (Lipinski definition) is 1. The average Bonchev–Trinajstić information content (AvgIpc) is 2.93. The van der Waals surface area contributed by atoms with Crippen molar-refractivity contribution in [1.82, 2.24) is 0 Å². The molecule has 0 saturated heterocycles. The summed E-state index contributed by atoms with van der Waals surface area (Å²) in [7, 11) is 2.60. The summed E-state index contributed by atoms with van der Waals surface area (Å²) in [4.78, 5) is 23.0. The molecule has 0 fully saturated rings. The van der Waals surface area contributed by atoms with Gasteiger partial charge in [0.2, 0.25) is 0 Å². The Morgan fingerprint density at radius 3 is 2.37 bits per heavy atom. The van der Waals surface area contributed by atoms with E-state index in [9.17, 15) is 23.7 Å². The number of carbonyl (C=O) groups excluding carboxylic acids is 1. The first-order valence-electron chi connectivity index (χ1n) is 7.35. The lowest BCUT2D eigenvalue weighted by atomic mass is 10.1. The molecule has 0 atom stereocenters. The van der Waals surface area contributed by atoms with Crippen LogP contribution in [0, 0.1) is 10.1 Å². The Labute approximate surface area is 150 Å². The molecule has 11 heteroatoms. The molecule has 27 heavy (non-hydrogen) atoms. The molecule has 9 nitrogen and oxygen atoms in total. The summed E-state index contributed by atoms with van der Waals surface area (Å²) in [6.07, 6.45) is -3.80. The molecule has 2 aromatic rings. The molecule has 3 rings (SSSR count). The van der Waals surface area contributed by atoms with Crippen LogP contribution in [0.5, 0.6) is 23.0 Å². The largest absolute Gasteiger partial charge is 0.586 e. The van der Waals surface area contributed by atoms with Gasteiger partial charge in [-0.25, -0.2) is 0 Å². The lowest BCUT2D eigenvalue weighted by molar-refractivity contribution is -0.385. The van der Waals surface area contributed by atoms with Crippen molar-refractivity contribution in [2.75, 3.05) is 19.5 Å². The molecule has 0 radical (unpaired) electrons. The van der Waals surface area contributed by atoms with E-state index in [1.807, 2.05) is 0 Å². The number of nitrogens with zero attached hydrogens (tertiary/aromatic N) is 1. The van der Waals surface area contributed by atoms with Crippen molar-refractivity contribution in [2.24, 2.45) is 0 Å². The van der Waals surface area contributed by atoms with Crippen LogP contribution in [0.3, 0.4) is 0 Å². The highest BCUT2D eigenvalue weighted by Gasteiger charge is 2.43. The number of fused-ring (bicyclic) bond motifs is 1. The van der Waals surface area contributed by atoms with Gasteiger partial charge in [0, 0.05) is 17.8 Å². The number of anilines is 1. The van der Waals surface area contributed by atoms with Crippen molar-refractivity contribution >= 4 is 17.3 Å². The summed E-state index contributed by atoms with van der Waals surface area (Å²) in [5, 5.41) is 13.7. The molecule has 0 saturated carbocycles. The SMILES string of the molecule is COc1cc(C(=O)Nc2ccc3c(c2)OC(F)(F)O3)c([N+](=O)[O-])cc1OC. The van der Waals surface area contributed by atoms with Gasteiger partial charge in [-0.2, -0.15) is 0 Å². The number of nitro benzene ring substituents is 1. The van der Waals surface area contributed by atoms with Crippen molar-refractivity contribution in [3.05, 3.63) is 46.0 Å². The molecule has 0 unspecified atom stereocenters. The maximum Gasteiger partial charge on any atom is 0.586 e. The summed E-state index contributed by atoms with van der Waals surface area (Å²) >= 11 is 0. The van der Waals surface area contributed by atoms with Gasteiger partial charge in [0.1, 0.15) is 5.56 Å². The Morgan fingerprint density at radius 1 is 1.11 bits per heavy atom. The number of hydrogen-bond acceptors (Lipinski definition) is 7. The minimum absolute atomic E-state index is 0.0733. The lowest BCUT2D eigenvalue weighted by Gasteiger charge is -2.11. The zero-order chi connectivity index (χ0) is 19.8. The zero-order valence-electron chi connectivity index (χ0n) is 13.9. The second-order valence-corrected chi connectivity index (χ2v) is 5.26. The minimum Gasteiger partial charge on any atom is -0.493 e. The number of rotatable bonds is 5. The highest BCUT2D eigenvalue weighted by atomic mass is 19.3. The molecule has 0 aliphatic carbocycles. The fourth-order valence-corrected chi connectivity index (χ4v) is 2.43. The highest BCUT2D eigenvalue weighted by Crippen LogP contribution is 2.42. The third-order valence-corrected chi connectivity index (χ3v) is 3.60. The first-order chi connectivity index (χ1) is 12.7. The minimum atomic E-state index is -3.80. The quantitative estimate of drug-likeness (QED) is 0.625. The molecule has 1 amide bonds. The van der Waals surface area contributed by atoms with E-state index >= 15 is 0 Å². The number of benzene rings is 2. The Kier molecular flexibility index (Phi) is 4.44. The molecule has 1 heterocycles. The first kappa shape index (κ1) is 18.2. The monoisotopic (exact) mass is 382 g/mol. The van der Waals surface area contributed by atoms with E-state index in [1.54, 1.807) is 0 Å². The summed E-state index contributed by atoms with van der Waals surface area (Å²) in [5.41, 5.74) is -0.748. The first-order valence-corrected chi connectivity index (χ1v) is 7.35. The van der Waals surface area contributed by atoms with E-state index in [1.165, 1.54) is 26.4 Å². The van der Waals surface area contributed by atoms with Crippen LogP contribution < -0.4 is 24.3 Å². The zero-order valence-corrected chi connectivity index (χ0v) is 13.9. The number of amides is 1. The molecule has 1 aliphatic heterocycles. The van der Waals surface area contributed by atoms with Gasteiger partial charge in [0.25, 0.3) is 11.6 Å². The van der Waals surface area contributed by atoms with Crippen molar-refractivity contribution in [3.63, 3.8) is 0 Å². The van der Waals surface area contributed by atoms with Gasteiger partial charge in [-0.05, 0) is 12.1 Å². The van der Waals surface area contributed by atoms with Crippen LogP contribution in [0.25, 0.3) is 0 Å².